The van der Waals surface area contributed by atoms with E-state index >= 15 is 0 Å². The van der Waals surface area contributed by atoms with Crippen molar-refractivity contribution in [2.45, 2.75) is 16.3 Å². The molecule has 11 heavy (non-hydrogen) atoms. The minimum atomic E-state index is -2.76. The summed E-state index contributed by atoms with van der Waals surface area (Å²) in [6.07, 6.45) is 0. The average molecular weight is 257 g/mol. The van der Waals surface area contributed by atoms with E-state index in [0.29, 0.717) is 0 Å². The van der Waals surface area contributed by atoms with E-state index in [9.17, 15) is 3.44 Å². The van der Waals surface area contributed by atoms with E-state index in [4.69, 9.17) is 0 Å². The summed E-state index contributed by atoms with van der Waals surface area (Å²) in [6.45, 7) is 2.07. The Balaban J connectivity index is 2.93. The normalized spacial score (nSPS) is 15.9. The van der Waals surface area contributed by atoms with E-state index < -0.39 is 18.8 Å². The first kappa shape index (κ1) is 9.07. The predicted octanol–water partition coefficient (Wildman–Crippen LogP) is 1.48. The van der Waals surface area contributed by atoms with Crippen LogP contribution >= 0.6 is 0 Å². The van der Waals surface area contributed by atoms with Gasteiger partial charge in [0.2, 0.25) is 0 Å². The molecule has 0 saturated carbocycles. The first-order valence-electron chi connectivity index (χ1n) is 3.94. The van der Waals surface area contributed by atoms with Gasteiger partial charge in [0.15, 0.2) is 0 Å². The maximum absolute atomic E-state index is 10.0. The van der Waals surface area contributed by atoms with E-state index in [2.05, 4.69) is 6.92 Å². The molecule has 0 fully saturated rings. The summed E-state index contributed by atoms with van der Waals surface area (Å²) in [6, 6.07) is 10.1. The fraction of sp³-hybridized carbons (Fsp3) is 0.333. The molecule has 1 unspecified atom stereocenters. The van der Waals surface area contributed by atoms with Gasteiger partial charge < -0.3 is 0 Å². The molecule has 0 aliphatic carbocycles. The van der Waals surface area contributed by atoms with Gasteiger partial charge in [-0.2, -0.15) is 0 Å². The molecule has 1 N–H and O–H groups in total. The van der Waals surface area contributed by atoms with Crippen LogP contribution in [0.15, 0.2) is 30.3 Å². The van der Waals surface area contributed by atoms with Crippen LogP contribution in [0.25, 0.3) is 0 Å². The molecule has 1 aromatic carbocycles. The number of hydrogen-bond donors (Lipinski definition) is 1. The van der Waals surface area contributed by atoms with Crippen LogP contribution in [0.3, 0.4) is 0 Å². The van der Waals surface area contributed by atoms with Crippen molar-refractivity contribution in [3.63, 3.8) is 0 Å². The molecule has 1 aromatic rings. The van der Waals surface area contributed by atoms with Crippen LogP contribution in [0.1, 0.15) is 6.92 Å². The molecular formula is C9H14OSn. The van der Waals surface area contributed by atoms with Crippen molar-refractivity contribution in [1.82, 2.24) is 0 Å². The fourth-order valence-corrected chi connectivity index (χ4v) is 4.77. The second-order valence-corrected chi connectivity index (χ2v) is 13.9. The first-order chi connectivity index (χ1) is 5.17. The molecule has 0 heterocycles. The predicted molar refractivity (Wildman–Crippen MR) is 50.4 cm³/mol. The van der Waals surface area contributed by atoms with Crippen molar-refractivity contribution < 1.29 is 3.44 Å². The molecule has 0 saturated heterocycles. The van der Waals surface area contributed by atoms with Gasteiger partial charge in [0.25, 0.3) is 0 Å². The fourth-order valence-electron chi connectivity index (χ4n) is 1.00. The number of benzene rings is 1. The van der Waals surface area contributed by atoms with Gasteiger partial charge in [0, 0.05) is 0 Å². The molecule has 2 heteroatoms. The van der Waals surface area contributed by atoms with Crippen molar-refractivity contribution in [3.8, 4) is 0 Å². The van der Waals surface area contributed by atoms with Crippen LogP contribution in [0, 0.1) is 0 Å². The molecule has 0 aliphatic rings. The van der Waals surface area contributed by atoms with Gasteiger partial charge in [-0.1, -0.05) is 0 Å². The Morgan fingerprint density at radius 1 is 1.27 bits per heavy atom. The van der Waals surface area contributed by atoms with Crippen LogP contribution in [-0.2, 0) is 0 Å². The minimum absolute atomic E-state index is 0.957. The van der Waals surface area contributed by atoms with Crippen molar-refractivity contribution in [2.75, 3.05) is 0 Å². The molecule has 0 bridgehead atoms. The average Bonchev–Trinajstić information content (AvgIpc) is 2.06. The topological polar surface area (TPSA) is 20.2 Å². The van der Waals surface area contributed by atoms with Gasteiger partial charge in [-0.15, -0.1) is 0 Å². The van der Waals surface area contributed by atoms with Gasteiger partial charge in [0.1, 0.15) is 0 Å². The van der Waals surface area contributed by atoms with Crippen molar-refractivity contribution in [2.24, 2.45) is 0 Å². The molecule has 1 nitrogen and oxygen atoms in total. The van der Waals surface area contributed by atoms with Crippen LogP contribution in [0.4, 0.5) is 0 Å². The van der Waals surface area contributed by atoms with Crippen LogP contribution < -0.4 is 3.58 Å². The molecule has 0 radical (unpaired) electrons. The summed E-state index contributed by atoms with van der Waals surface area (Å²) in [7, 11) is 0. The summed E-state index contributed by atoms with van der Waals surface area (Å²) in [5.74, 6) is 0. The quantitative estimate of drug-likeness (QED) is 0.795. The molecule has 0 spiro atoms. The zero-order chi connectivity index (χ0) is 8.32. The first-order valence-corrected chi connectivity index (χ1v) is 11.5. The summed E-state index contributed by atoms with van der Waals surface area (Å²) < 4.78 is 12.2. The van der Waals surface area contributed by atoms with E-state index in [0.717, 1.165) is 4.44 Å². The Kier molecular flexibility index (Phi) is 2.96. The summed E-state index contributed by atoms with van der Waals surface area (Å²) >= 11 is -2.76. The van der Waals surface area contributed by atoms with Crippen LogP contribution in [0.2, 0.25) is 9.38 Å². The monoisotopic (exact) mass is 258 g/mol. The third-order valence-electron chi connectivity index (χ3n) is 2.08. The molecule has 0 amide bonds. The number of rotatable bonds is 2. The Morgan fingerprint density at radius 2 is 1.82 bits per heavy atom. The van der Waals surface area contributed by atoms with Crippen LogP contribution in [0.5, 0.6) is 0 Å². The molecule has 0 aromatic heterocycles. The zero-order valence-corrected chi connectivity index (χ0v) is 9.90. The Morgan fingerprint density at radius 3 is 2.27 bits per heavy atom. The van der Waals surface area contributed by atoms with E-state index in [1.807, 2.05) is 35.3 Å². The van der Waals surface area contributed by atoms with Crippen molar-refractivity contribution >= 4 is 22.4 Å². The van der Waals surface area contributed by atoms with Gasteiger partial charge in [-0.05, 0) is 0 Å². The van der Waals surface area contributed by atoms with Gasteiger partial charge >= 0.3 is 72.4 Å². The zero-order valence-electron chi connectivity index (χ0n) is 7.04. The van der Waals surface area contributed by atoms with Gasteiger partial charge in [-0.25, -0.2) is 0 Å². The maximum atomic E-state index is 10.0. The summed E-state index contributed by atoms with van der Waals surface area (Å²) in [5.41, 5.74) is 0. The van der Waals surface area contributed by atoms with Crippen LogP contribution in [-0.4, -0.2) is 22.2 Å². The van der Waals surface area contributed by atoms with Crippen molar-refractivity contribution in [1.29, 1.82) is 0 Å². The SMILES string of the molecule is C[CH2][Sn]([CH3])([OH])[c]1ccccc1. The second kappa shape index (κ2) is 3.59. The van der Waals surface area contributed by atoms with E-state index in [1.54, 1.807) is 0 Å². The second-order valence-electron chi connectivity index (χ2n) is 2.99. The van der Waals surface area contributed by atoms with E-state index in [1.165, 1.54) is 3.58 Å². The molecule has 1 atom stereocenters. The van der Waals surface area contributed by atoms with Gasteiger partial charge in [-0.3, -0.25) is 0 Å². The van der Waals surface area contributed by atoms with E-state index in [-0.39, 0.29) is 0 Å². The Labute approximate surface area is 72.5 Å². The number of hydrogen-bond acceptors (Lipinski definition) is 1. The molecule has 1 rings (SSSR count). The van der Waals surface area contributed by atoms with Gasteiger partial charge in [0.05, 0.1) is 0 Å². The summed E-state index contributed by atoms with van der Waals surface area (Å²) in [4.78, 5) is 2.05. The van der Waals surface area contributed by atoms with Crippen molar-refractivity contribution in [3.05, 3.63) is 30.3 Å². The molecular weight excluding hydrogens is 243 g/mol. The molecule has 60 valence electrons. The third-order valence-corrected chi connectivity index (χ3v) is 10.5. The summed E-state index contributed by atoms with van der Waals surface area (Å²) in [5, 5.41) is 0. The Hall–Kier alpha value is -0.0213. The third kappa shape index (κ3) is 2.20. The molecule has 0 aliphatic heterocycles. The Bertz CT molecular complexity index is 218. The standard InChI is InChI=1S/C6H5.C2H5.CH3.H2O.Sn/c1-2-4-6-5-3-1;1-2;;;/h1-5H;1H2,2H3;1H3;1H2;/q;;;;+1/p-1.